The second kappa shape index (κ2) is 7.79. The van der Waals surface area contributed by atoms with Gasteiger partial charge in [-0.05, 0) is 24.1 Å². The number of nitrogens with two attached hydrogens (primary N) is 1. The molecular weight excluding hydrogens is 318 g/mol. The van der Waals surface area contributed by atoms with Crippen LogP contribution in [0.1, 0.15) is 23.6 Å². The lowest BCUT2D eigenvalue weighted by Gasteiger charge is -2.26. The van der Waals surface area contributed by atoms with E-state index in [1.807, 2.05) is 36.4 Å². The smallest absolute Gasteiger partial charge is 0.189 e. The molecule has 0 bridgehead atoms. The summed E-state index contributed by atoms with van der Waals surface area (Å²) < 4.78 is 10.8. The summed E-state index contributed by atoms with van der Waals surface area (Å²) in [5, 5.41) is 13.3. The van der Waals surface area contributed by atoms with Crippen LogP contribution in [-0.4, -0.2) is 31.3 Å². The summed E-state index contributed by atoms with van der Waals surface area (Å²) in [5.74, 6) is 1.90. The number of benzene rings is 2. The molecule has 0 radical (unpaired) electrons. The highest BCUT2D eigenvalue weighted by Crippen LogP contribution is 2.31. The Morgan fingerprint density at radius 2 is 2.16 bits per heavy atom. The van der Waals surface area contributed by atoms with E-state index in [1.54, 1.807) is 6.07 Å². The van der Waals surface area contributed by atoms with Gasteiger partial charge in [0.15, 0.2) is 17.5 Å². The zero-order valence-corrected chi connectivity index (χ0v) is 14.2. The van der Waals surface area contributed by atoms with Gasteiger partial charge in [0, 0.05) is 18.5 Å². The van der Waals surface area contributed by atoms with Crippen LogP contribution in [0.3, 0.4) is 0 Å². The number of methoxy groups -OCH3 is 1. The Kier molecular flexibility index (Phi) is 5.28. The van der Waals surface area contributed by atoms with Gasteiger partial charge in [-0.15, -0.1) is 0 Å². The van der Waals surface area contributed by atoms with Crippen LogP contribution in [-0.2, 0) is 6.42 Å². The van der Waals surface area contributed by atoms with Crippen LogP contribution >= 0.6 is 0 Å². The summed E-state index contributed by atoms with van der Waals surface area (Å²) in [6, 6.07) is 13.5. The van der Waals surface area contributed by atoms with Crippen molar-refractivity contribution in [3.05, 3.63) is 53.6 Å². The van der Waals surface area contributed by atoms with Gasteiger partial charge in [-0.2, -0.15) is 0 Å². The summed E-state index contributed by atoms with van der Waals surface area (Å²) in [4.78, 5) is 4.37. The van der Waals surface area contributed by atoms with Crippen molar-refractivity contribution < 1.29 is 14.6 Å². The summed E-state index contributed by atoms with van der Waals surface area (Å²) in [6.45, 7) is 1.13. The second-order valence-electron chi connectivity index (χ2n) is 5.86. The third kappa shape index (κ3) is 3.96. The number of aliphatic imine (C=N–C) groups is 1. The third-order valence-corrected chi connectivity index (χ3v) is 4.25. The van der Waals surface area contributed by atoms with Crippen molar-refractivity contribution in [2.45, 2.75) is 18.9 Å². The number of rotatable bonds is 5. The van der Waals surface area contributed by atoms with Gasteiger partial charge in [0.25, 0.3) is 0 Å². The highest BCUT2D eigenvalue weighted by Gasteiger charge is 2.21. The number of hydrogen-bond donors (Lipinski definition) is 3. The molecule has 6 heteroatoms. The molecule has 3 rings (SSSR count). The molecule has 2 aromatic rings. The van der Waals surface area contributed by atoms with Gasteiger partial charge in [0.1, 0.15) is 5.75 Å². The molecule has 25 heavy (non-hydrogen) atoms. The van der Waals surface area contributed by atoms with E-state index in [1.165, 1.54) is 7.11 Å². The number of phenolic OH excluding ortho intramolecular Hbond substituents is 1. The van der Waals surface area contributed by atoms with Crippen molar-refractivity contribution in [3.8, 4) is 17.2 Å². The molecule has 4 N–H and O–H groups in total. The Hall–Kier alpha value is -2.89. The Bertz CT molecular complexity index is 761. The molecule has 1 atom stereocenters. The Labute approximate surface area is 147 Å². The van der Waals surface area contributed by atoms with E-state index in [-0.39, 0.29) is 11.8 Å². The molecular formula is C19H23N3O3. The van der Waals surface area contributed by atoms with Crippen molar-refractivity contribution in [1.29, 1.82) is 0 Å². The summed E-state index contributed by atoms with van der Waals surface area (Å²) in [7, 11) is 1.53. The fourth-order valence-corrected chi connectivity index (χ4v) is 2.95. The normalized spacial score (nSPS) is 16.7. The first kappa shape index (κ1) is 17.0. The van der Waals surface area contributed by atoms with E-state index in [0.717, 1.165) is 23.3 Å². The van der Waals surface area contributed by atoms with Gasteiger partial charge in [-0.1, -0.05) is 30.3 Å². The molecule has 132 valence electrons. The molecule has 0 aromatic heterocycles. The molecule has 6 nitrogen and oxygen atoms in total. The van der Waals surface area contributed by atoms with Crippen molar-refractivity contribution >= 4 is 5.96 Å². The molecule has 1 aliphatic rings. The first-order valence-corrected chi connectivity index (χ1v) is 8.32. The van der Waals surface area contributed by atoms with Crippen LogP contribution in [0.2, 0.25) is 0 Å². The van der Waals surface area contributed by atoms with Gasteiger partial charge in [0.05, 0.1) is 19.8 Å². The second-order valence-corrected chi connectivity index (χ2v) is 5.86. The van der Waals surface area contributed by atoms with Gasteiger partial charge in [-0.3, -0.25) is 4.99 Å². The highest BCUT2D eigenvalue weighted by atomic mass is 16.5. The monoisotopic (exact) mass is 341 g/mol. The number of hydrogen-bond acceptors (Lipinski definition) is 4. The van der Waals surface area contributed by atoms with E-state index in [9.17, 15) is 5.11 Å². The third-order valence-electron chi connectivity index (χ3n) is 4.25. The van der Waals surface area contributed by atoms with E-state index >= 15 is 0 Å². The van der Waals surface area contributed by atoms with Crippen LogP contribution < -0.4 is 20.5 Å². The molecule has 0 amide bonds. The van der Waals surface area contributed by atoms with Gasteiger partial charge in [-0.25, -0.2) is 0 Å². The van der Waals surface area contributed by atoms with Gasteiger partial charge in [0.2, 0.25) is 0 Å². The number of phenols is 1. The van der Waals surface area contributed by atoms with E-state index in [2.05, 4.69) is 10.3 Å². The molecule has 0 spiro atoms. The molecule has 0 saturated carbocycles. The topological polar surface area (TPSA) is 89.1 Å². The van der Waals surface area contributed by atoms with Crippen molar-refractivity contribution in [2.24, 2.45) is 10.7 Å². The lowest BCUT2D eigenvalue weighted by atomic mass is 10.0. The SMILES string of the molecule is COc1cccc(CCN=C(N)NC2CCOc3ccccc32)c1O. The fraction of sp³-hybridized carbons (Fsp3) is 0.316. The van der Waals surface area contributed by atoms with Crippen LogP contribution in [0.4, 0.5) is 0 Å². The molecule has 0 fully saturated rings. The van der Waals surface area contributed by atoms with Crippen LogP contribution in [0.15, 0.2) is 47.5 Å². The minimum Gasteiger partial charge on any atom is -0.504 e. The first-order chi connectivity index (χ1) is 12.2. The van der Waals surface area contributed by atoms with Gasteiger partial charge < -0.3 is 25.6 Å². The predicted molar refractivity (Wildman–Crippen MR) is 97.3 cm³/mol. The Balaban J connectivity index is 1.60. The maximum absolute atomic E-state index is 10.1. The number of guanidine groups is 1. The molecule has 1 heterocycles. The minimum absolute atomic E-state index is 0.0962. The quantitative estimate of drug-likeness (QED) is 0.574. The number of ether oxygens (including phenoxy) is 2. The minimum atomic E-state index is 0.0962. The standard InChI is InChI=1S/C19H23N3O3/c1-24-17-8-4-5-13(18(17)23)9-11-21-19(20)22-15-10-12-25-16-7-3-2-6-14(15)16/h2-8,15,23H,9-12H2,1H3,(H3,20,21,22). The zero-order chi connectivity index (χ0) is 17.6. The molecule has 0 aliphatic carbocycles. The van der Waals surface area contributed by atoms with Crippen molar-refractivity contribution in [1.82, 2.24) is 5.32 Å². The van der Waals surface area contributed by atoms with Gasteiger partial charge >= 0.3 is 0 Å². The molecule has 1 aliphatic heterocycles. The lowest BCUT2D eigenvalue weighted by Crippen LogP contribution is -2.37. The molecule has 2 aromatic carbocycles. The summed E-state index contributed by atoms with van der Waals surface area (Å²) in [5.41, 5.74) is 7.91. The average Bonchev–Trinajstić information content (AvgIpc) is 2.63. The maximum Gasteiger partial charge on any atom is 0.189 e. The zero-order valence-electron chi connectivity index (χ0n) is 14.2. The van der Waals surface area contributed by atoms with Crippen LogP contribution in [0, 0.1) is 0 Å². The first-order valence-electron chi connectivity index (χ1n) is 8.32. The average molecular weight is 341 g/mol. The number of para-hydroxylation sites is 2. The predicted octanol–water partition coefficient (Wildman–Crippen LogP) is 2.37. The highest BCUT2D eigenvalue weighted by molar-refractivity contribution is 5.78. The van der Waals surface area contributed by atoms with Crippen molar-refractivity contribution in [3.63, 3.8) is 0 Å². The van der Waals surface area contributed by atoms with Crippen LogP contribution in [0.5, 0.6) is 17.2 Å². The molecule has 0 saturated heterocycles. The number of nitrogens with one attached hydrogen (secondary N) is 1. The van der Waals surface area contributed by atoms with Crippen molar-refractivity contribution in [2.75, 3.05) is 20.3 Å². The number of aromatic hydroxyl groups is 1. The largest absolute Gasteiger partial charge is 0.504 e. The van der Waals surface area contributed by atoms with E-state index < -0.39 is 0 Å². The molecule has 1 unspecified atom stereocenters. The fourth-order valence-electron chi connectivity index (χ4n) is 2.95. The van der Waals surface area contributed by atoms with E-state index in [0.29, 0.717) is 31.3 Å². The Morgan fingerprint density at radius 1 is 1.32 bits per heavy atom. The summed E-state index contributed by atoms with van der Waals surface area (Å²) >= 11 is 0. The lowest BCUT2D eigenvalue weighted by molar-refractivity contribution is 0.262. The Morgan fingerprint density at radius 3 is 3.00 bits per heavy atom. The van der Waals surface area contributed by atoms with E-state index in [4.69, 9.17) is 15.2 Å². The maximum atomic E-state index is 10.1. The number of nitrogens with zero attached hydrogens (tertiary/aromatic N) is 1. The van der Waals surface area contributed by atoms with Crippen LogP contribution in [0.25, 0.3) is 0 Å². The number of fused-ring (bicyclic) bond motifs is 1. The summed E-state index contributed by atoms with van der Waals surface area (Å²) in [6.07, 6.45) is 1.42.